The van der Waals surface area contributed by atoms with E-state index in [1.165, 1.54) is 5.57 Å². The number of hydrogen-bond acceptors (Lipinski definition) is 5. The van der Waals surface area contributed by atoms with Crippen molar-refractivity contribution in [3.63, 3.8) is 0 Å². The lowest BCUT2D eigenvalue weighted by atomic mass is 9.45. The Kier molecular flexibility index (Phi) is 4.92. The summed E-state index contributed by atoms with van der Waals surface area (Å²) in [6.07, 6.45) is 8.09. The summed E-state index contributed by atoms with van der Waals surface area (Å²) in [4.78, 5) is 12.4. The van der Waals surface area contributed by atoms with Crippen LogP contribution in [-0.2, 0) is 19.1 Å². The van der Waals surface area contributed by atoms with Gasteiger partial charge in [0.25, 0.3) is 10.1 Å². The number of fused-ring (bicyclic) bond motifs is 5. The molecule has 164 valence electrons. The number of allylic oxidation sites excluding steroid dienone is 1. The molecule has 0 heterocycles. The van der Waals surface area contributed by atoms with Crippen LogP contribution in [0.25, 0.3) is 0 Å². The molecule has 0 amide bonds. The Morgan fingerprint density at radius 3 is 2.55 bits per heavy atom. The van der Waals surface area contributed by atoms with Gasteiger partial charge in [-0.3, -0.25) is 8.98 Å². The first kappa shape index (κ1) is 21.5. The Morgan fingerprint density at radius 2 is 1.93 bits per heavy atom. The number of ketones is 1. The number of carbonyl (C=O) groups excluding carboxylic acids is 1. The van der Waals surface area contributed by atoms with Crippen LogP contribution in [0.1, 0.15) is 72.6 Å². The summed E-state index contributed by atoms with van der Waals surface area (Å²) >= 11 is 0. The van der Waals surface area contributed by atoms with Crippen molar-refractivity contribution in [2.45, 2.75) is 84.3 Å². The molecule has 3 saturated carbocycles. The van der Waals surface area contributed by atoms with Crippen molar-refractivity contribution in [1.82, 2.24) is 0 Å². The average molecular weight is 425 g/mol. The highest BCUT2D eigenvalue weighted by atomic mass is 32.2. The van der Waals surface area contributed by atoms with Crippen LogP contribution in [0.2, 0.25) is 0 Å². The van der Waals surface area contributed by atoms with Gasteiger partial charge in [0.2, 0.25) is 0 Å². The van der Waals surface area contributed by atoms with Gasteiger partial charge >= 0.3 is 0 Å². The van der Waals surface area contributed by atoms with E-state index < -0.39 is 21.8 Å². The van der Waals surface area contributed by atoms with Crippen LogP contribution in [-0.4, -0.2) is 37.3 Å². The van der Waals surface area contributed by atoms with E-state index in [0.29, 0.717) is 24.7 Å². The largest absolute Gasteiger partial charge is 0.389 e. The van der Waals surface area contributed by atoms with Crippen LogP contribution in [0.3, 0.4) is 0 Å². The summed E-state index contributed by atoms with van der Waals surface area (Å²) in [7, 11) is -3.63. The van der Waals surface area contributed by atoms with E-state index in [1.54, 1.807) is 0 Å². The number of hydrogen-bond donors (Lipinski definition) is 1. The van der Waals surface area contributed by atoms with E-state index in [0.717, 1.165) is 38.4 Å². The molecule has 1 unspecified atom stereocenters. The predicted octanol–water partition coefficient (Wildman–Crippen LogP) is 3.86. The first-order valence-corrected chi connectivity index (χ1v) is 13.0. The zero-order valence-corrected chi connectivity index (χ0v) is 19.2. The summed E-state index contributed by atoms with van der Waals surface area (Å²) in [5, 5.41) is 11.5. The summed E-state index contributed by atoms with van der Waals surface area (Å²) in [5.41, 5.74) is -0.156. The minimum absolute atomic E-state index is 0.0501. The molecule has 0 aromatic heterocycles. The highest BCUT2D eigenvalue weighted by Crippen LogP contribution is 2.68. The van der Waals surface area contributed by atoms with Gasteiger partial charge in [0.15, 0.2) is 5.78 Å². The average Bonchev–Trinajstić information content (AvgIpc) is 2.86. The second-order valence-corrected chi connectivity index (χ2v) is 12.4. The maximum atomic E-state index is 12.4. The SMILES string of the molecule is CC[C@@]1(O)CC[C@H]2[C@@H]3CCC4=CC(=O)C(C)C[C@]4(C)[C@H]3[C@H](OS(C)(=O)=O)C[C@@]21C. The predicted molar refractivity (Wildman–Crippen MR) is 112 cm³/mol. The molecule has 1 N–H and O–H groups in total. The monoisotopic (exact) mass is 424 g/mol. The smallest absolute Gasteiger partial charge is 0.264 e. The van der Waals surface area contributed by atoms with Crippen LogP contribution in [0.4, 0.5) is 0 Å². The third kappa shape index (κ3) is 3.08. The third-order valence-electron chi connectivity index (χ3n) is 9.39. The maximum absolute atomic E-state index is 12.4. The summed E-state index contributed by atoms with van der Waals surface area (Å²) in [6.45, 7) is 8.39. The van der Waals surface area contributed by atoms with E-state index >= 15 is 0 Å². The molecule has 0 radical (unpaired) electrons. The Bertz CT molecular complexity index is 847. The van der Waals surface area contributed by atoms with Gasteiger partial charge in [-0.2, -0.15) is 8.42 Å². The first-order valence-electron chi connectivity index (χ1n) is 11.2. The molecule has 0 aliphatic heterocycles. The highest BCUT2D eigenvalue weighted by molar-refractivity contribution is 7.86. The fourth-order valence-electron chi connectivity index (χ4n) is 7.98. The lowest BCUT2D eigenvalue weighted by Gasteiger charge is -2.61. The van der Waals surface area contributed by atoms with Crippen LogP contribution >= 0.6 is 0 Å². The Hall–Kier alpha value is -0.720. The molecule has 5 nitrogen and oxygen atoms in total. The summed E-state index contributed by atoms with van der Waals surface area (Å²) < 4.78 is 30.2. The Labute approximate surface area is 175 Å². The molecule has 0 aromatic carbocycles. The first-order chi connectivity index (χ1) is 13.3. The topological polar surface area (TPSA) is 80.7 Å². The van der Waals surface area contributed by atoms with Gasteiger partial charge in [-0.1, -0.05) is 33.3 Å². The molecule has 8 atom stereocenters. The number of carbonyl (C=O) groups is 1. The van der Waals surface area contributed by atoms with E-state index in [1.807, 2.05) is 19.9 Å². The zero-order valence-electron chi connectivity index (χ0n) is 18.4. The van der Waals surface area contributed by atoms with Gasteiger partial charge in [0, 0.05) is 11.3 Å². The molecule has 3 fully saturated rings. The minimum Gasteiger partial charge on any atom is -0.389 e. The molecule has 4 rings (SSSR count). The van der Waals surface area contributed by atoms with Gasteiger partial charge in [-0.15, -0.1) is 0 Å². The molecule has 4 aliphatic rings. The van der Waals surface area contributed by atoms with E-state index in [-0.39, 0.29) is 28.4 Å². The minimum atomic E-state index is -3.63. The lowest BCUT2D eigenvalue weighted by molar-refractivity contribution is -0.166. The van der Waals surface area contributed by atoms with Crippen LogP contribution in [0.5, 0.6) is 0 Å². The fraction of sp³-hybridized carbons (Fsp3) is 0.870. The van der Waals surface area contributed by atoms with Crippen LogP contribution in [0, 0.1) is 34.5 Å². The third-order valence-corrected chi connectivity index (χ3v) is 9.98. The van der Waals surface area contributed by atoms with Gasteiger partial charge in [-0.05, 0) is 74.2 Å². The molecule has 0 bridgehead atoms. The second kappa shape index (κ2) is 6.64. The molecule has 4 aliphatic carbocycles. The fourth-order valence-corrected chi connectivity index (χ4v) is 8.62. The van der Waals surface area contributed by atoms with Gasteiger partial charge in [0.1, 0.15) is 0 Å². The maximum Gasteiger partial charge on any atom is 0.264 e. The van der Waals surface area contributed by atoms with E-state index in [4.69, 9.17) is 4.18 Å². The lowest BCUT2D eigenvalue weighted by Crippen LogP contribution is -2.60. The van der Waals surface area contributed by atoms with Gasteiger partial charge in [0.05, 0.1) is 18.0 Å². The van der Waals surface area contributed by atoms with Gasteiger partial charge in [-0.25, -0.2) is 0 Å². The summed E-state index contributed by atoms with van der Waals surface area (Å²) in [6, 6.07) is 0. The molecular formula is C23H36O5S. The van der Waals surface area contributed by atoms with E-state index in [2.05, 4.69) is 13.8 Å². The van der Waals surface area contributed by atoms with Crippen molar-refractivity contribution >= 4 is 15.9 Å². The molecule has 29 heavy (non-hydrogen) atoms. The standard InChI is InChI=1S/C23H36O5S/c1-6-23(25)10-9-17-16-8-7-15-11-18(24)14(2)12-21(15,3)20(16)19(13-22(17,23)4)28-29(5,26)27/h11,14,16-17,19-20,25H,6-10,12-13H2,1-5H3/t14?,16-,17-,19+,20+,21-,22-,23+/m0/s1. The van der Waals surface area contributed by atoms with Crippen molar-refractivity contribution in [1.29, 1.82) is 0 Å². The van der Waals surface area contributed by atoms with Gasteiger partial charge < -0.3 is 5.11 Å². The Balaban J connectivity index is 1.82. The Morgan fingerprint density at radius 1 is 1.24 bits per heavy atom. The van der Waals surface area contributed by atoms with Crippen LogP contribution < -0.4 is 0 Å². The van der Waals surface area contributed by atoms with Crippen molar-refractivity contribution in [3.8, 4) is 0 Å². The second-order valence-electron chi connectivity index (χ2n) is 10.8. The highest BCUT2D eigenvalue weighted by Gasteiger charge is 2.66. The number of rotatable bonds is 3. The number of aliphatic hydroxyl groups is 1. The quantitative estimate of drug-likeness (QED) is 0.696. The van der Waals surface area contributed by atoms with Crippen LogP contribution in [0.15, 0.2) is 11.6 Å². The molecular weight excluding hydrogens is 388 g/mol. The van der Waals surface area contributed by atoms with Crippen molar-refractivity contribution in [2.75, 3.05) is 6.26 Å². The normalized spacial score (nSPS) is 49.8. The van der Waals surface area contributed by atoms with Crippen molar-refractivity contribution in [3.05, 3.63) is 11.6 Å². The van der Waals surface area contributed by atoms with Crippen molar-refractivity contribution in [2.24, 2.45) is 34.5 Å². The zero-order chi connectivity index (χ0) is 21.4. The molecule has 0 spiro atoms. The summed E-state index contributed by atoms with van der Waals surface area (Å²) in [5.74, 6) is 0.876. The molecule has 0 saturated heterocycles. The molecule has 6 heteroatoms. The molecule has 0 aromatic rings. The van der Waals surface area contributed by atoms with E-state index in [9.17, 15) is 18.3 Å². The van der Waals surface area contributed by atoms with Crippen molar-refractivity contribution < 1.29 is 22.5 Å².